The van der Waals surface area contributed by atoms with Gasteiger partial charge in [0.25, 0.3) is 0 Å². The van der Waals surface area contributed by atoms with Crippen LogP contribution in [0.5, 0.6) is 0 Å². The maximum absolute atomic E-state index is 12.4. The summed E-state index contributed by atoms with van der Waals surface area (Å²) in [4.78, 5) is 12.8. The Hall–Kier alpha value is -1.64. The molecule has 18 heavy (non-hydrogen) atoms. The lowest BCUT2D eigenvalue weighted by Gasteiger charge is -2.09. The number of halogens is 4. The summed E-state index contributed by atoms with van der Waals surface area (Å²) in [7, 11) is 0. The van der Waals surface area contributed by atoms with E-state index in [1.165, 1.54) is 0 Å². The first-order valence-electron chi connectivity index (χ1n) is 4.50. The van der Waals surface area contributed by atoms with E-state index in [2.05, 4.69) is 32.8 Å². The van der Waals surface area contributed by atoms with Gasteiger partial charge in [-0.2, -0.15) is 13.2 Å². The molecule has 98 valence electrons. The highest BCUT2D eigenvalue weighted by Crippen LogP contribution is 2.32. The van der Waals surface area contributed by atoms with Crippen molar-refractivity contribution >= 4 is 27.3 Å². The van der Waals surface area contributed by atoms with Crippen LogP contribution in [0.1, 0.15) is 5.69 Å². The Morgan fingerprint density at radius 3 is 2.67 bits per heavy atom. The molecule has 0 atom stereocenters. The third-order valence-corrected chi connectivity index (χ3v) is 2.12. The number of anilines is 1. The minimum atomic E-state index is -4.66. The highest BCUT2D eigenvalue weighted by atomic mass is 79.9. The van der Waals surface area contributed by atoms with Gasteiger partial charge in [-0.3, -0.25) is 10.1 Å². The number of nitrogens with one attached hydrogen (secondary N) is 1. The maximum Gasteiger partial charge on any atom is 0.433 e. The third kappa shape index (κ3) is 3.69. The van der Waals surface area contributed by atoms with E-state index in [9.17, 15) is 23.3 Å². The topological polar surface area (TPSA) is 68.1 Å². The van der Waals surface area contributed by atoms with Crippen LogP contribution < -0.4 is 5.32 Å². The van der Waals surface area contributed by atoms with E-state index in [1.807, 2.05) is 0 Å². The molecule has 1 aromatic rings. The van der Waals surface area contributed by atoms with Gasteiger partial charge >= 0.3 is 11.9 Å². The third-order valence-electron chi connectivity index (χ3n) is 1.84. The Labute approximate surface area is 108 Å². The van der Waals surface area contributed by atoms with Crippen LogP contribution in [0.15, 0.2) is 23.3 Å². The van der Waals surface area contributed by atoms with Crippen LogP contribution >= 0.6 is 15.9 Å². The lowest BCUT2D eigenvalue weighted by molar-refractivity contribution is -0.384. The van der Waals surface area contributed by atoms with Gasteiger partial charge < -0.3 is 5.32 Å². The first-order valence-corrected chi connectivity index (χ1v) is 5.30. The van der Waals surface area contributed by atoms with Crippen LogP contribution in [-0.2, 0) is 6.18 Å². The minimum Gasteiger partial charge on any atom is -0.375 e. The van der Waals surface area contributed by atoms with Gasteiger partial charge in [0.15, 0.2) is 0 Å². The van der Waals surface area contributed by atoms with Crippen LogP contribution in [-0.4, -0.2) is 16.5 Å². The molecule has 0 radical (unpaired) electrons. The minimum absolute atomic E-state index is 0.0577. The molecule has 1 rings (SSSR count). The fourth-order valence-corrected chi connectivity index (χ4v) is 1.22. The highest BCUT2D eigenvalue weighted by Gasteiger charge is 2.34. The molecular formula is C9H7BrF3N3O2. The Morgan fingerprint density at radius 1 is 1.61 bits per heavy atom. The molecule has 0 spiro atoms. The summed E-state index contributed by atoms with van der Waals surface area (Å²) in [5.74, 6) is 0. The van der Waals surface area contributed by atoms with E-state index in [4.69, 9.17) is 0 Å². The largest absolute Gasteiger partial charge is 0.433 e. The van der Waals surface area contributed by atoms with Crippen molar-refractivity contribution in [2.75, 3.05) is 11.9 Å². The molecule has 0 bridgehead atoms. The van der Waals surface area contributed by atoms with Crippen LogP contribution in [0.4, 0.5) is 24.5 Å². The fraction of sp³-hybridized carbons (Fsp3) is 0.222. The number of hydrogen-bond acceptors (Lipinski definition) is 4. The number of aromatic nitrogens is 1. The summed E-state index contributed by atoms with van der Waals surface area (Å²) < 4.78 is 37.7. The zero-order valence-electron chi connectivity index (χ0n) is 8.79. The predicted molar refractivity (Wildman–Crippen MR) is 62.5 cm³/mol. The molecule has 0 unspecified atom stereocenters. The van der Waals surface area contributed by atoms with Crippen LogP contribution in [0.2, 0.25) is 0 Å². The van der Waals surface area contributed by atoms with Crippen molar-refractivity contribution < 1.29 is 18.1 Å². The van der Waals surface area contributed by atoms with Crippen molar-refractivity contribution in [3.05, 3.63) is 39.1 Å². The molecule has 9 heteroatoms. The van der Waals surface area contributed by atoms with Gasteiger partial charge in [-0.1, -0.05) is 22.5 Å². The van der Waals surface area contributed by atoms with Gasteiger partial charge in [-0.05, 0) is 6.07 Å². The van der Waals surface area contributed by atoms with E-state index in [0.29, 0.717) is 16.7 Å². The molecule has 0 aliphatic rings. The number of nitro groups is 1. The van der Waals surface area contributed by atoms with E-state index in [-0.39, 0.29) is 12.2 Å². The van der Waals surface area contributed by atoms with Gasteiger partial charge in [0.2, 0.25) is 0 Å². The summed E-state index contributed by atoms with van der Waals surface area (Å²) in [5.41, 5.74) is -1.99. The maximum atomic E-state index is 12.4. The number of hydrogen-bond donors (Lipinski definition) is 1. The van der Waals surface area contributed by atoms with E-state index in [0.717, 1.165) is 0 Å². The predicted octanol–water partition coefficient (Wildman–Crippen LogP) is 3.33. The molecular weight excluding hydrogens is 319 g/mol. The number of pyridine rings is 1. The lowest BCUT2D eigenvalue weighted by Crippen LogP contribution is -2.11. The number of rotatable bonds is 4. The molecule has 0 aliphatic carbocycles. The molecule has 0 aromatic carbocycles. The van der Waals surface area contributed by atoms with Gasteiger partial charge in [0, 0.05) is 11.0 Å². The summed E-state index contributed by atoms with van der Waals surface area (Å²) in [5, 5.41) is 13.1. The van der Waals surface area contributed by atoms with E-state index >= 15 is 0 Å². The van der Waals surface area contributed by atoms with Crippen molar-refractivity contribution in [2.24, 2.45) is 0 Å². The molecule has 0 saturated heterocycles. The van der Waals surface area contributed by atoms with E-state index < -0.39 is 22.5 Å². The molecule has 1 aromatic heterocycles. The Morgan fingerprint density at radius 2 is 2.22 bits per heavy atom. The van der Waals surface area contributed by atoms with Crippen molar-refractivity contribution in [3.8, 4) is 0 Å². The van der Waals surface area contributed by atoms with Crippen molar-refractivity contribution in [2.45, 2.75) is 6.18 Å². The van der Waals surface area contributed by atoms with Gasteiger partial charge in [-0.25, -0.2) is 4.98 Å². The Balaban J connectivity index is 3.15. The van der Waals surface area contributed by atoms with Gasteiger partial charge in [-0.15, -0.1) is 0 Å². The van der Waals surface area contributed by atoms with Crippen molar-refractivity contribution in [3.63, 3.8) is 0 Å². The molecule has 0 saturated carbocycles. The average molecular weight is 326 g/mol. The monoisotopic (exact) mass is 325 g/mol. The molecule has 0 amide bonds. The zero-order valence-corrected chi connectivity index (χ0v) is 10.4. The fourth-order valence-electron chi connectivity index (χ4n) is 1.08. The second-order valence-electron chi connectivity index (χ2n) is 3.21. The molecule has 1 N–H and O–H groups in total. The molecule has 1 heterocycles. The normalized spacial score (nSPS) is 11.1. The smallest absolute Gasteiger partial charge is 0.375 e. The summed E-state index contributed by atoms with van der Waals surface area (Å²) in [6, 6.07) is 0.591. The number of nitrogens with zero attached hydrogens (tertiary/aromatic N) is 2. The van der Waals surface area contributed by atoms with Crippen molar-refractivity contribution in [1.29, 1.82) is 0 Å². The Kier molecular flexibility index (Phi) is 4.28. The van der Waals surface area contributed by atoms with Crippen molar-refractivity contribution in [1.82, 2.24) is 4.98 Å². The zero-order chi connectivity index (χ0) is 13.9. The lowest BCUT2D eigenvalue weighted by atomic mass is 10.2. The summed E-state index contributed by atoms with van der Waals surface area (Å²) >= 11 is 2.99. The first-order chi connectivity index (χ1) is 8.21. The van der Waals surface area contributed by atoms with Gasteiger partial charge in [0.1, 0.15) is 17.6 Å². The standard InChI is InChI=1S/C9H7BrF3N3O2/c1-5(10)3-14-6-2-8(9(11,12)13)15-4-7(6)16(17)18/h2,4H,1,3H2,(H,14,15). The first kappa shape index (κ1) is 14.4. The number of alkyl halides is 3. The van der Waals surface area contributed by atoms with Gasteiger partial charge in [0.05, 0.1) is 4.92 Å². The van der Waals surface area contributed by atoms with Crippen LogP contribution in [0.3, 0.4) is 0 Å². The average Bonchev–Trinajstić information content (AvgIpc) is 2.24. The molecule has 0 fully saturated rings. The Bertz CT molecular complexity index is 490. The van der Waals surface area contributed by atoms with Crippen LogP contribution in [0, 0.1) is 10.1 Å². The van der Waals surface area contributed by atoms with Crippen LogP contribution in [0.25, 0.3) is 0 Å². The SMILES string of the molecule is C=C(Br)CNc1cc(C(F)(F)F)ncc1[N+](=O)[O-]. The highest BCUT2D eigenvalue weighted by molar-refractivity contribution is 9.11. The van der Waals surface area contributed by atoms with E-state index in [1.54, 1.807) is 0 Å². The second kappa shape index (κ2) is 5.34. The molecule has 0 aliphatic heterocycles. The molecule has 5 nitrogen and oxygen atoms in total. The second-order valence-corrected chi connectivity index (χ2v) is 4.33. The summed E-state index contributed by atoms with van der Waals surface area (Å²) in [6.45, 7) is 3.52. The quantitative estimate of drug-likeness (QED) is 0.681. The summed E-state index contributed by atoms with van der Waals surface area (Å²) in [6.07, 6.45) is -4.08.